The summed E-state index contributed by atoms with van der Waals surface area (Å²) in [5.74, 6) is 1.39. The minimum absolute atomic E-state index is 0.229. The van der Waals surface area contributed by atoms with Crippen LogP contribution in [0.3, 0.4) is 0 Å². The normalized spacial score (nSPS) is 18.5. The Kier molecular flexibility index (Phi) is 5.22. The molecule has 1 aliphatic rings. The average molecular weight is 328 g/mol. The number of morpholine rings is 1. The fourth-order valence-corrected chi connectivity index (χ4v) is 2.87. The molecule has 1 saturated heterocycles. The average Bonchev–Trinajstić information content (AvgIpc) is 2.55. The molecular formula is C17H24N6O. The first-order valence-corrected chi connectivity index (χ1v) is 8.33. The second kappa shape index (κ2) is 7.55. The van der Waals surface area contributed by atoms with Crippen molar-refractivity contribution < 1.29 is 4.74 Å². The lowest BCUT2D eigenvalue weighted by Crippen LogP contribution is -2.40. The SMILES string of the molecule is CCc1ccccc1Nc1nc(N)nc(CN2CCOC(C)C2)n1. The number of benzene rings is 1. The molecule has 0 radical (unpaired) electrons. The van der Waals surface area contributed by atoms with E-state index in [1.54, 1.807) is 0 Å². The van der Waals surface area contributed by atoms with Gasteiger partial charge in [-0.2, -0.15) is 15.0 Å². The summed E-state index contributed by atoms with van der Waals surface area (Å²) in [5, 5.41) is 3.27. The van der Waals surface area contributed by atoms with Crippen LogP contribution >= 0.6 is 0 Å². The van der Waals surface area contributed by atoms with Crippen molar-refractivity contribution in [3.8, 4) is 0 Å². The molecule has 0 aliphatic carbocycles. The third-order valence-corrected chi connectivity index (χ3v) is 4.03. The van der Waals surface area contributed by atoms with Gasteiger partial charge < -0.3 is 15.8 Å². The zero-order chi connectivity index (χ0) is 16.9. The molecule has 128 valence electrons. The Morgan fingerprint density at radius 1 is 1.29 bits per heavy atom. The minimum Gasteiger partial charge on any atom is -0.376 e. The molecule has 1 unspecified atom stereocenters. The third kappa shape index (κ3) is 4.18. The number of hydrogen-bond donors (Lipinski definition) is 2. The molecule has 1 aromatic carbocycles. The first-order chi connectivity index (χ1) is 11.6. The van der Waals surface area contributed by atoms with Crippen LogP contribution in [0.1, 0.15) is 25.2 Å². The molecule has 0 saturated carbocycles. The van der Waals surface area contributed by atoms with Crippen molar-refractivity contribution in [1.82, 2.24) is 19.9 Å². The van der Waals surface area contributed by atoms with Crippen LogP contribution in [0, 0.1) is 0 Å². The molecule has 3 rings (SSSR count). The summed E-state index contributed by atoms with van der Waals surface area (Å²) in [6, 6.07) is 8.12. The summed E-state index contributed by atoms with van der Waals surface area (Å²) in [6.45, 7) is 7.31. The summed E-state index contributed by atoms with van der Waals surface area (Å²) in [5.41, 5.74) is 8.08. The summed E-state index contributed by atoms with van der Waals surface area (Å²) in [7, 11) is 0. The van der Waals surface area contributed by atoms with Crippen molar-refractivity contribution in [2.24, 2.45) is 0 Å². The molecule has 1 aromatic heterocycles. The molecule has 0 amide bonds. The van der Waals surface area contributed by atoms with E-state index < -0.39 is 0 Å². The number of rotatable bonds is 5. The van der Waals surface area contributed by atoms with E-state index in [0.717, 1.165) is 31.8 Å². The van der Waals surface area contributed by atoms with Gasteiger partial charge in [0.1, 0.15) is 5.82 Å². The number of ether oxygens (including phenoxy) is 1. The second-order valence-electron chi connectivity index (χ2n) is 5.99. The number of nitrogen functional groups attached to an aromatic ring is 1. The standard InChI is InChI=1S/C17H24N6O/c1-3-13-6-4-5-7-14(13)19-17-21-15(20-16(18)22-17)11-23-8-9-24-12(2)10-23/h4-7,12H,3,8-11H2,1-2H3,(H3,18,19,20,21,22). The van der Waals surface area contributed by atoms with Gasteiger partial charge in [0.15, 0.2) is 0 Å². The largest absolute Gasteiger partial charge is 0.376 e. The maximum atomic E-state index is 5.87. The Bertz CT molecular complexity index is 693. The summed E-state index contributed by atoms with van der Waals surface area (Å²) < 4.78 is 5.57. The second-order valence-corrected chi connectivity index (χ2v) is 5.99. The van der Waals surface area contributed by atoms with E-state index in [4.69, 9.17) is 10.5 Å². The van der Waals surface area contributed by atoms with Gasteiger partial charge in [-0.05, 0) is 25.0 Å². The first kappa shape index (κ1) is 16.6. The number of anilines is 3. The summed E-state index contributed by atoms with van der Waals surface area (Å²) in [6.07, 6.45) is 1.16. The number of nitrogens with two attached hydrogens (primary N) is 1. The molecule has 2 heterocycles. The maximum Gasteiger partial charge on any atom is 0.232 e. The van der Waals surface area contributed by atoms with Gasteiger partial charge in [0.2, 0.25) is 11.9 Å². The lowest BCUT2D eigenvalue weighted by Gasteiger charge is -2.30. The van der Waals surface area contributed by atoms with E-state index >= 15 is 0 Å². The highest BCUT2D eigenvalue weighted by molar-refractivity contribution is 5.58. The van der Waals surface area contributed by atoms with Crippen molar-refractivity contribution in [2.45, 2.75) is 32.9 Å². The van der Waals surface area contributed by atoms with E-state index in [0.29, 0.717) is 18.3 Å². The molecule has 7 nitrogen and oxygen atoms in total. The Morgan fingerprint density at radius 3 is 2.92 bits per heavy atom. The van der Waals surface area contributed by atoms with Crippen LogP contribution in [0.25, 0.3) is 0 Å². The van der Waals surface area contributed by atoms with Crippen LogP contribution in [0.15, 0.2) is 24.3 Å². The molecule has 1 fully saturated rings. The molecular weight excluding hydrogens is 304 g/mol. The lowest BCUT2D eigenvalue weighted by atomic mass is 10.1. The number of aryl methyl sites for hydroxylation is 1. The van der Waals surface area contributed by atoms with Gasteiger partial charge in [-0.15, -0.1) is 0 Å². The lowest BCUT2D eigenvalue weighted by molar-refractivity contribution is -0.0219. The maximum absolute atomic E-state index is 5.87. The summed E-state index contributed by atoms with van der Waals surface area (Å²) >= 11 is 0. The highest BCUT2D eigenvalue weighted by Crippen LogP contribution is 2.19. The van der Waals surface area contributed by atoms with Gasteiger partial charge in [-0.25, -0.2) is 0 Å². The molecule has 0 bridgehead atoms. The molecule has 3 N–H and O–H groups in total. The minimum atomic E-state index is 0.229. The van der Waals surface area contributed by atoms with E-state index in [1.807, 2.05) is 18.2 Å². The van der Waals surface area contributed by atoms with E-state index in [9.17, 15) is 0 Å². The summed E-state index contributed by atoms with van der Waals surface area (Å²) in [4.78, 5) is 15.3. The number of hydrogen-bond acceptors (Lipinski definition) is 7. The van der Waals surface area contributed by atoms with Crippen LogP contribution in [0.2, 0.25) is 0 Å². The van der Waals surface area contributed by atoms with Gasteiger partial charge in [-0.3, -0.25) is 4.90 Å². The van der Waals surface area contributed by atoms with Gasteiger partial charge >= 0.3 is 0 Å². The van der Waals surface area contributed by atoms with Crippen LogP contribution in [-0.2, 0) is 17.7 Å². The number of aromatic nitrogens is 3. The predicted octanol–water partition coefficient (Wildman–Crippen LogP) is 1.98. The zero-order valence-electron chi connectivity index (χ0n) is 14.2. The number of nitrogens with zero attached hydrogens (tertiary/aromatic N) is 4. The number of nitrogens with one attached hydrogen (secondary N) is 1. The Balaban J connectivity index is 1.76. The fourth-order valence-electron chi connectivity index (χ4n) is 2.87. The highest BCUT2D eigenvalue weighted by Gasteiger charge is 2.18. The fraction of sp³-hybridized carbons (Fsp3) is 0.471. The molecule has 2 aromatic rings. The van der Waals surface area contributed by atoms with Gasteiger partial charge in [-0.1, -0.05) is 25.1 Å². The third-order valence-electron chi connectivity index (χ3n) is 4.03. The number of para-hydroxylation sites is 1. The van der Waals surface area contributed by atoms with Gasteiger partial charge in [0, 0.05) is 18.8 Å². The molecule has 0 spiro atoms. The van der Waals surface area contributed by atoms with Crippen LogP contribution in [-0.4, -0.2) is 45.7 Å². The van der Waals surface area contributed by atoms with Crippen molar-refractivity contribution in [1.29, 1.82) is 0 Å². The van der Waals surface area contributed by atoms with Gasteiger partial charge in [0.05, 0.1) is 19.3 Å². The van der Waals surface area contributed by atoms with E-state index in [2.05, 4.69) is 45.1 Å². The van der Waals surface area contributed by atoms with Crippen molar-refractivity contribution >= 4 is 17.6 Å². The Labute approximate surface area is 142 Å². The van der Waals surface area contributed by atoms with Crippen molar-refractivity contribution in [3.63, 3.8) is 0 Å². The van der Waals surface area contributed by atoms with Crippen LogP contribution < -0.4 is 11.1 Å². The first-order valence-electron chi connectivity index (χ1n) is 8.33. The van der Waals surface area contributed by atoms with Crippen LogP contribution in [0.5, 0.6) is 0 Å². The molecule has 24 heavy (non-hydrogen) atoms. The molecule has 1 atom stereocenters. The zero-order valence-corrected chi connectivity index (χ0v) is 14.2. The van der Waals surface area contributed by atoms with Crippen LogP contribution in [0.4, 0.5) is 17.6 Å². The van der Waals surface area contributed by atoms with Crippen molar-refractivity contribution in [2.75, 3.05) is 30.7 Å². The van der Waals surface area contributed by atoms with Gasteiger partial charge in [0.25, 0.3) is 0 Å². The monoisotopic (exact) mass is 328 g/mol. The van der Waals surface area contributed by atoms with Crippen molar-refractivity contribution in [3.05, 3.63) is 35.7 Å². The topological polar surface area (TPSA) is 89.2 Å². The Hall–Kier alpha value is -2.25. The molecule has 7 heteroatoms. The predicted molar refractivity (Wildman–Crippen MR) is 94.0 cm³/mol. The van der Waals surface area contributed by atoms with E-state index in [-0.39, 0.29) is 12.1 Å². The van der Waals surface area contributed by atoms with E-state index in [1.165, 1.54) is 5.56 Å². The smallest absolute Gasteiger partial charge is 0.232 e. The Morgan fingerprint density at radius 2 is 2.12 bits per heavy atom. The quantitative estimate of drug-likeness (QED) is 0.867. The highest BCUT2D eigenvalue weighted by atomic mass is 16.5. The molecule has 1 aliphatic heterocycles.